The van der Waals surface area contributed by atoms with E-state index in [4.69, 9.17) is 5.11 Å². The molecule has 2 heteroatoms. The monoisotopic (exact) mass is 170 g/mol. The van der Waals surface area contributed by atoms with Crippen LogP contribution >= 0.6 is 0 Å². The van der Waals surface area contributed by atoms with E-state index in [2.05, 4.69) is 6.92 Å². The summed E-state index contributed by atoms with van der Waals surface area (Å²) in [5.74, 6) is -0.750. The molecule has 0 saturated heterocycles. The van der Waals surface area contributed by atoms with Gasteiger partial charge in [-0.15, -0.1) is 0 Å². The second-order valence-electron chi connectivity index (χ2n) is 2.92. The highest BCUT2D eigenvalue weighted by Gasteiger charge is 1.88. The van der Waals surface area contributed by atoms with Crippen molar-refractivity contribution in [2.75, 3.05) is 0 Å². The molecule has 0 radical (unpaired) electrons. The SMILES string of the molecule is CCCCCCC=CCC(=O)O. The maximum Gasteiger partial charge on any atom is 0.307 e. The van der Waals surface area contributed by atoms with Crippen LogP contribution < -0.4 is 0 Å². The van der Waals surface area contributed by atoms with Gasteiger partial charge in [-0.3, -0.25) is 4.79 Å². The largest absolute Gasteiger partial charge is 0.481 e. The fourth-order valence-corrected chi connectivity index (χ4v) is 0.991. The molecule has 0 spiro atoms. The van der Waals surface area contributed by atoms with Gasteiger partial charge in [0, 0.05) is 0 Å². The quantitative estimate of drug-likeness (QED) is 0.471. The van der Waals surface area contributed by atoms with Gasteiger partial charge in [-0.05, 0) is 12.8 Å². The summed E-state index contributed by atoms with van der Waals surface area (Å²) in [5.41, 5.74) is 0. The summed E-state index contributed by atoms with van der Waals surface area (Å²) in [6.45, 7) is 2.18. The molecule has 0 amide bonds. The predicted octanol–water partition coefficient (Wildman–Crippen LogP) is 2.99. The number of rotatable bonds is 7. The molecule has 0 unspecified atom stereocenters. The third-order valence-corrected chi connectivity index (χ3v) is 1.68. The van der Waals surface area contributed by atoms with Crippen molar-refractivity contribution in [1.82, 2.24) is 0 Å². The number of unbranched alkanes of at least 4 members (excludes halogenated alkanes) is 4. The smallest absolute Gasteiger partial charge is 0.307 e. The number of hydrogen-bond donors (Lipinski definition) is 1. The highest BCUT2D eigenvalue weighted by Crippen LogP contribution is 2.02. The van der Waals surface area contributed by atoms with Crippen molar-refractivity contribution in [3.63, 3.8) is 0 Å². The molecule has 2 nitrogen and oxygen atoms in total. The predicted molar refractivity (Wildman–Crippen MR) is 50.2 cm³/mol. The standard InChI is InChI=1S/C10H18O2/c1-2-3-4-5-6-7-8-9-10(11)12/h7-8H,2-6,9H2,1H3,(H,11,12). The van der Waals surface area contributed by atoms with Gasteiger partial charge in [-0.1, -0.05) is 38.3 Å². The van der Waals surface area contributed by atoms with Crippen molar-refractivity contribution >= 4 is 5.97 Å². The van der Waals surface area contributed by atoms with Crippen LogP contribution in [0.4, 0.5) is 0 Å². The first-order chi connectivity index (χ1) is 5.77. The molecule has 0 heterocycles. The van der Waals surface area contributed by atoms with E-state index in [1.165, 1.54) is 25.7 Å². The summed E-state index contributed by atoms with van der Waals surface area (Å²) in [6, 6.07) is 0. The van der Waals surface area contributed by atoms with Crippen LogP contribution in [0, 0.1) is 0 Å². The van der Waals surface area contributed by atoms with Crippen LogP contribution in [0.5, 0.6) is 0 Å². The second kappa shape index (κ2) is 8.31. The number of carboxylic acids is 1. The van der Waals surface area contributed by atoms with Crippen molar-refractivity contribution in [2.24, 2.45) is 0 Å². The number of allylic oxidation sites excluding steroid dienone is 1. The Balaban J connectivity index is 3.08. The first-order valence-electron chi connectivity index (χ1n) is 4.64. The minimum atomic E-state index is -0.750. The Bertz CT molecular complexity index is 139. The van der Waals surface area contributed by atoms with E-state index in [1.807, 2.05) is 6.08 Å². The van der Waals surface area contributed by atoms with Gasteiger partial charge in [0.25, 0.3) is 0 Å². The van der Waals surface area contributed by atoms with Gasteiger partial charge >= 0.3 is 5.97 Å². The van der Waals surface area contributed by atoms with Gasteiger partial charge in [-0.25, -0.2) is 0 Å². The van der Waals surface area contributed by atoms with Crippen LogP contribution in [0.1, 0.15) is 45.4 Å². The van der Waals surface area contributed by atoms with E-state index in [0.29, 0.717) is 0 Å². The molecule has 0 aromatic carbocycles. The zero-order valence-corrected chi connectivity index (χ0v) is 7.75. The lowest BCUT2D eigenvalue weighted by Gasteiger charge is -1.93. The lowest BCUT2D eigenvalue weighted by atomic mass is 10.1. The third kappa shape index (κ3) is 9.21. The maximum absolute atomic E-state index is 10.1. The van der Waals surface area contributed by atoms with Crippen molar-refractivity contribution in [3.8, 4) is 0 Å². The molecule has 0 aromatic heterocycles. The van der Waals surface area contributed by atoms with Gasteiger partial charge in [0.05, 0.1) is 6.42 Å². The molecule has 12 heavy (non-hydrogen) atoms. The molecule has 0 aliphatic heterocycles. The molecule has 0 rings (SSSR count). The molecule has 0 saturated carbocycles. The van der Waals surface area contributed by atoms with E-state index in [-0.39, 0.29) is 6.42 Å². The summed E-state index contributed by atoms with van der Waals surface area (Å²) in [5, 5.41) is 8.30. The Morgan fingerprint density at radius 1 is 1.25 bits per heavy atom. The van der Waals surface area contributed by atoms with Crippen LogP contribution in [0.15, 0.2) is 12.2 Å². The van der Waals surface area contributed by atoms with Gasteiger partial charge < -0.3 is 5.11 Å². The summed E-state index contributed by atoms with van der Waals surface area (Å²) in [4.78, 5) is 10.1. The number of carbonyl (C=O) groups is 1. The zero-order valence-electron chi connectivity index (χ0n) is 7.75. The number of aliphatic carboxylic acids is 1. The fraction of sp³-hybridized carbons (Fsp3) is 0.700. The molecule has 0 fully saturated rings. The Morgan fingerprint density at radius 2 is 2.00 bits per heavy atom. The number of hydrogen-bond acceptors (Lipinski definition) is 1. The Hall–Kier alpha value is -0.790. The van der Waals surface area contributed by atoms with Gasteiger partial charge in [0.15, 0.2) is 0 Å². The Labute approximate surface area is 74.3 Å². The molecule has 0 bridgehead atoms. The average Bonchev–Trinajstić information content (AvgIpc) is 2.02. The molecule has 0 aliphatic carbocycles. The molecule has 1 N–H and O–H groups in total. The second-order valence-corrected chi connectivity index (χ2v) is 2.92. The summed E-state index contributed by atoms with van der Waals surface area (Å²) in [7, 11) is 0. The lowest BCUT2D eigenvalue weighted by Crippen LogP contribution is -1.89. The highest BCUT2D eigenvalue weighted by molar-refractivity contribution is 5.68. The van der Waals surface area contributed by atoms with E-state index in [0.717, 1.165) is 6.42 Å². The number of carboxylic acid groups (broad SMARTS) is 1. The molecule has 0 aromatic rings. The minimum absolute atomic E-state index is 0.160. The molecule has 0 aliphatic rings. The molecule has 70 valence electrons. The van der Waals surface area contributed by atoms with Crippen LogP contribution in [0.2, 0.25) is 0 Å². The lowest BCUT2D eigenvalue weighted by molar-refractivity contribution is -0.136. The van der Waals surface area contributed by atoms with Crippen molar-refractivity contribution in [2.45, 2.75) is 45.4 Å². The summed E-state index contributed by atoms with van der Waals surface area (Å²) in [6.07, 6.45) is 9.85. The van der Waals surface area contributed by atoms with Crippen LogP contribution in [-0.4, -0.2) is 11.1 Å². The van der Waals surface area contributed by atoms with E-state index >= 15 is 0 Å². The van der Waals surface area contributed by atoms with Gasteiger partial charge in [0.1, 0.15) is 0 Å². The van der Waals surface area contributed by atoms with E-state index < -0.39 is 5.97 Å². The third-order valence-electron chi connectivity index (χ3n) is 1.68. The first-order valence-corrected chi connectivity index (χ1v) is 4.64. The average molecular weight is 170 g/mol. The summed E-state index contributed by atoms with van der Waals surface area (Å²) < 4.78 is 0. The minimum Gasteiger partial charge on any atom is -0.481 e. The first kappa shape index (κ1) is 11.2. The highest BCUT2D eigenvalue weighted by atomic mass is 16.4. The Kier molecular flexibility index (Phi) is 7.76. The fourth-order valence-electron chi connectivity index (χ4n) is 0.991. The maximum atomic E-state index is 10.1. The summed E-state index contributed by atoms with van der Waals surface area (Å²) >= 11 is 0. The van der Waals surface area contributed by atoms with E-state index in [9.17, 15) is 4.79 Å². The zero-order chi connectivity index (χ0) is 9.23. The molecular formula is C10H18O2. The molecular weight excluding hydrogens is 152 g/mol. The van der Waals surface area contributed by atoms with Crippen LogP contribution in [-0.2, 0) is 4.79 Å². The topological polar surface area (TPSA) is 37.3 Å². The van der Waals surface area contributed by atoms with Gasteiger partial charge in [-0.2, -0.15) is 0 Å². The Morgan fingerprint density at radius 3 is 2.58 bits per heavy atom. The van der Waals surface area contributed by atoms with Crippen molar-refractivity contribution in [3.05, 3.63) is 12.2 Å². The van der Waals surface area contributed by atoms with Gasteiger partial charge in [0.2, 0.25) is 0 Å². The van der Waals surface area contributed by atoms with Crippen LogP contribution in [0.3, 0.4) is 0 Å². The molecule has 0 atom stereocenters. The van der Waals surface area contributed by atoms with E-state index in [1.54, 1.807) is 6.08 Å². The van der Waals surface area contributed by atoms with Crippen LogP contribution in [0.25, 0.3) is 0 Å². The van der Waals surface area contributed by atoms with Crippen molar-refractivity contribution < 1.29 is 9.90 Å². The van der Waals surface area contributed by atoms with Crippen molar-refractivity contribution in [1.29, 1.82) is 0 Å². The normalized spacial score (nSPS) is 10.8.